The third-order valence-electron chi connectivity index (χ3n) is 4.95. The van der Waals surface area contributed by atoms with Crippen LogP contribution < -0.4 is 10.1 Å². The molecular weight excluding hydrogens is 396 g/mol. The lowest BCUT2D eigenvalue weighted by Crippen LogP contribution is -2.03. The summed E-state index contributed by atoms with van der Waals surface area (Å²) in [6.07, 6.45) is 0. The Balaban J connectivity index is 1.69. The van der Waals surface area contributed by atoms with Gasteiger partial charge < -0.3 is 10.1 Å². The summed E-state index contributed by atoms with van der Waals surface area (Å²) < 4.78 is 7.16. The van der Waals surface area contributed by atoms with Crippen molar-refractivity contribution in [2.75, 3.05) is 12.4 Å². The molecule has 152 valence electrons. The van der Waals surface area contributed by atoms with Crippen molar-refractivity contribution in [1.82, 2.24) is 19.8 Å². The molecule has 1 N–H and O–H groups in total. The maximum absolute atomic E-state index is 10.9. The predicted octanol–water partition coefficient (Wildman–Crippen LogP) is 4.60. The van der Waals surface area contributed by atoms with Crippen LogP contribution in [0.4, 0.5) is 17.2 Å². The van der Waals surface area contributed by atoms with Gasteiger partial charge in [-0.15, -0.1) is 15.3 Å². The van der Waals surface area contributed by atoms with Crippen LogP contribution in [0.2, 0.25) is 0 Å². The Kier molecular flexibility index (Phi) is 4.40. The van der Waals surface area contributed by atoms with Gasteiger partial charge in [-0.2, -0.15) is 4.52 Å². The summed E-state index contributed by atoms with van der Waals surface area (Å²) in [5, 5.41) is 29.4. The number of hydrogen-bond acceptors (Lipinski definition) is 7. The fraction of sp³-hybridized carbons (Fsp3) is 0.0455. The molecule has 0 spiro atoms. The number of nitrogens with one attached hydrogen (secondary N) is 1. The number of fused-ring (bicyclic) bond motifs is 3. The summed E-state index contributed by atoms with van der Waals surface area (Å²) in [6.45, 7) is 0. The minimum Gasteiger partial charge on any atom is -0.496 e. The van der Waals surface area contributed by atoms with Crippen molar-refractivity contribution in [3.05, 3.63) is 82.9 Å². The number of non-ortho nitro benzene ring substituents is 1. The second-order valence-electron chi connectivity index (χ2n) is 6.78. The van der Waals surface area contributed by atoms with E-state index in [1.54, 1.807) is 23.8 Å². The van der Waals surface area contributed by atoms with E-state index in [4.69, 9.17) is 9.84 Å². The number of hydrogen-bond donors (Lipinski definition) is 1. The van der Waals surface area contributed by atoms with Crippen LogP contribution in [0.15, 0.2) is 72.8 Å². The lowest BCUT2D eigenvalue weighted by atomic mass is 10.1. The number of methoxy groups -OCH3 is 1. The molecule has 0 bridgehead atoms. The molecule has 0 radical (unpaired) electrons. The lowest BCUT2D eigenvalue weighted by molar-refractivity contribution is -0.384. The molecule has 5 rings (SSSR count). The van der Waals surface area contributed by atoms with Crippen molar-refractivity contribution < 1.29 is 9.66 Å². The molecular formula is C22H16N6O3. The zero-order valence-electron chi connectivity index (χ0n) is 16.4. The zero-order valence-corrected chi connectivity index (χ0v) is 16.4. The van der Waals surface area contributed by atoms with Gasteiger partial charge in [-0.25, -0.2) is 0 Å². The van der Waals surface area contributed by atoms with E-state index in [1.165, 1.54) is 12.1 Å². The summed E-state index contributed by atoms with van der Waals surface area (Å²) >= 11 is 0. The van der Waals surface area contributed by atoms with Crippen LogP contribution in [0.1, 0.15) is 0 Å². The van der Waals surface area contributed by atoms with Crippen LogP contribution in [-0.2, 0) is 0 Å². The highest BCUT2D eigenvalue weighted by Gasteiger charge is 2.18. The van der Waals surface area contributed by atoms with Crippen LogP contribution in [-0.4, -0.2) is 31.8 Å². The Morgan fingerprint density at radius 2 is 1.65 bits per heavy atom. The van der Waals surface area contributed by atoms with Crippen LogP contribution in [0.5, 0.6) is 5.75 Å². The van der Waals surface area contributed by atoms with Crippen molar-refractivity contribution >= 4 is 33.6 Å². The molecule has 0 saturated carbocycles. The smallest absolute Gasteiger partial charge is 0.269 e. The molecule has 9 nitrogen and oxygen atoms in total. The van der Waals surface area contributed by atoms with Gasteiger partial charge in [0, 0.05) is 28.6 Å². The van der Waals surface area contributed by atoms with Gasteiger partial charge in [-0.3, -0.25) is 10.1 Å². The maximum atomic E-state index is 10.9. The quantitative estimate of drug-likeness (QED) is 0.332. The first-order chi connectivity index (χ1) is 15.2. The topological polar surface area (TPSA) is 107 Å². The first kappa shape index (κ1) is 18.5. The summed E-state index contributed by atoms with van der Waals surface area (Å²) in [5.74, 6) is 1.79. The van der Waals surface area contributed by atoms with Crippen molar-refractivity contribution in [1.29, 1.82) is 0 Å². The molecule has 31 heavy (non-hydrogen) atoms. The minimum atomic E-state index is -0.430. The van der Waals surface area contributed by atoms with E-state index in [-0.39, 0.29) is 5.69 Å². The van der Waals surface area contributed by atoms with Crippen LogP contribution >= 0.6 is 0 Å². The van der Waals surface area contributed by atoms with Gasteiger partial charge in [-0.05, 0) is 24.3 Å². The van der Waals surface area contributed by atoms with E-state index in [0.29, 0.717) is 28.7 Å². The number of para-hydroxylation sites is 1. The third kappa shape index (κ3) is 3.18. The fourth-order valence-corrected chi connectivity index (χ4v) is 3.47. The van der Waals surface area contributed by atoms with Crippen LogP contribution in [0.3, 0.4) is 0 Å². The summed E-state index contributed by atoms with van der Waals surface area (Å²) in [6, 6.07) is 21.5. The molecule has 2 heterocycles. The van der Waals surface area contributed by atoms with E-state index in [9.17, 15) is 10.1 Å². The molecule has 0 aliphatic rings. The molecule has 3 aromatic carbocycles. The van der Waals surface area contributed by atoms with Crippen molar-refractivity contribution in [2.45, 2.75) is 0 Å². The number of aromatic nitrogens is 4. The third-order valence-corrected chi connectivity index (χ3v) is 4.95. The van der Waals surface area contributed by atoms with Gasteiger partial charge in [0.25, 0.3) is 5.69 Å². The molecule has 0 aliphatic heterocycles. The van der Waals surface area contributed by atoms with Gasteiger partial charge in [0.1, 0.15) is 5.75 Å². The Hall–Kier alpha value is -4.53. The second-order valence-corrected chi connectivity index (χ2v) is 6.78. The molecule has 0 amide bonds. The van der Waals surface area contributed by atoms with Gasteiger partial charge in [-0.1, -0.05) is 36.4 Å². The Morgan fingerprint density at radius 1 is 0.935 bits per heavy atom. The van der Waals surface area contributed by atoms with Crippen LogP contribution in [0.25, 0.3) is 27.8 Å². The predicted molar refractivity (Wildman–Crippen MR) is 117 cm³/mol. The number of nitrogens with zero attached hydrogens (tertiary/aromatic N) is 5. The summed E-state index contributed by atoms with van der Waals surface area (Å²) in [4.78, 5) is 10.5. The monoisotopic (exact) mass is 412 g/mol. The summed E-state index contributed by atoms with van der Waals surface area (Å²) in [7, 11) is 1.60. The van der Waals surface area contributed by atoms with Crippen LogP contribution in [0, 0.1) is 10.1 Å². The molecule has 0 saturated heterocycles. The van der Waals surface area contributed by atoms with Gasteiger partial charge in [0.05, 0.1) is 17.6 Å². The Bertz CT molecular complexity index is 1430. The van der Waals surface area contributed by atoms with Gasteiger partial charge in [0.15, 0.2) is 17.3 Å². The highest BCUT2D eigenvalue weighted by atomic mass is 16.6. The minimum absolute atomic E-state index is 0.0242. The zero-order chi connectivity index (χ0) is 21.4. The average Bonchev–Trinajstić information content (AvgIpc) is 3.23. The number of nitro groups is 1. The molecule has 5 aromatic rings. The number of nitro benzene ring substituents is 1. The largest absolute Gasteiger partial charge is 0.496 e. The van der Waals surface area contributed by atoms with Crippen molar-refractivity contribution in [3.63, 3.8) is 0 Å². The highest BCUT2D eigenvalue weighted by molar-refractivity contribution is 6.01. The number of benzene rings is 3. The summed E-state index contributed by atoms with van der Waals surface area (Å²) in [5.41, 5.74) is 2.08. The van der Waals surface area contributed by atoms with Gasteiger partial charge >= 0.3 is 0 Å². The molecule has 2 aromatic heterocycles. The van der Waals surface area contributed by atoms with Crippen molar-refractivity contribution in [2.24, 2.45) is 0 Å². The first-order valence-corrected chi connectivity index (χ1v) is 9.45. The Morgan fingerprint density at radius 3 is 2.39 bits per heavy atom. The number of rotatable bonds is 5. The van der Waals surface area contributed by atoms with E-state index < -0.39 is 4.92 Å². The lowest BCUT2D eigenvalue weighted by Gasteiger charge is -2.11. The van der Waals surface area contributed by atoms with E-state index in [2.05, 4.69) is 15.5 Å². The molecule has 0 atom stereocenters. The SMILES string of the molecule is COc1ccccc1-c1nnc2c3ccccc3c(Nc3ccc([N+](=O)[O-])cc3)nn12. The average molecular weight is 412 g/mol. The molecule has 0 unspecified atom stereocenters. The van der Waals surface area contributed by atoms with Crippen molar-refractivity contribution in [3.8, 4) is 17.1 Å². The molecule has 0 aliphatic carbocycles. The molecule has 9 heteroatoms. The van der Waals surface area contributed by atoms with E-state index in [0.717, 1.165) is 16.3 Å². The Labute approximate surface area is 176 Å². The second kappa shape index (κ2) is 7.38. The van der Waals surface area contributed by atoms with E-state index in [1.807, 2.05) is 48.5 Å². The highest BCUT2D eigenvalue weighted by Crippen LogP contribution is 2.32. The molecule has 0 fully saturated rings. The normalized spacial score (nSPS) is 11.0. The first-order valence-electron chi connectivity index (χ1n) is 9.45. The maximum Gasteiger partial charge on any atom is 0.269 e. The number of ether oxygens (including phenoxy) is 1. The standard InChI is InChI=1S/C22H16N6O3/c1-31-19-9-5-4-8-18(19)22-25-24-21-17-7-3-2-6-16(17)20(26-27(21)22)23-14-10-12-15(13-11-14)28(29)30/h2-13H,1H3,(H,23,26). The fourth-order valence-electron chi connectivity index (χ4n) is 3.47. The number of anilines is 2. The van der Waals surface area contributed by atoms with Gasteiger partial charge in [0.2, 0.25) is 0 Å². The van der Waals surface area contributed by atoms with E-state index >= 15 is 0 Å².